The third kappa shape index (κ3) is 4.16. The van der Waals surface area contributed by atoms with Crippen LogP contribution >= 0.6 is 0 Å². The normalized spacial score (nSPS) is 30.4. The van der Waals surface area contributed by atoms with Crippen molar-refractivity contribution in [2.24, 2.45) is 11.3 Å². The van der Waals surface area contributed by atoms with Crippen LogP contribution in [0.1, 0.15) is 46.5 Å². The number of hydrogen-bond donors (Lipinski definition) is 2. The van der Waals surface area contributed by atoms with Crippen LogP contribution in [0.3, 0.4) is 0 Å². The molecule has 1 saturated heterocycles. The van der Waals surface area contributed by atoms with Gasteiger partial charge in [-0.2, -0.15) is 17.4 Å². The van der Waals surface area contributed by atoms with Gasteiger partial charge in [-0.25, -0.2) is 0 Å². The fourth-order valence-corrected chi connectivity index (χ4v) is 4.50. The molecule has 2 N–H and O–H groups in total. The summed E-state index contributed by atoms with van der Waals surface area (Å²) in [6, 6.07) is 0.117. The summed E-state index contributed by atoms with van der Waals surface area (Å²) in [5.41, 5.74) is 0.130. The fourth-order valence-electron chi connectivity index (χ4n) is 2.82. The van der Waals surface area contributed by atoms with Crippen LogP contribution in [0.25, 0.3) is 0 Å². The molecule has 0 radical (unpaired) electrons. The largest absolute Gasteiger partial charge is 0.316 e. The van der Waals surface area contributed by atoms with Crippen molar-refractivity contribution in [3.8, 4) is 0 Å². The molecular weight excluding hydrogens is 274 g/mol. The number of nitrogens with zero attached hydrogens (tertiary/aromatic N) is 1. The van der Waals surface area contributed by atoms with Gasteiger partial charge in [-0.1, -0.05) is 20.8 Å². The zero-order chi connectivity index (χ0) is 14.8. The summed E-state index contributed by atoms with van der Waals surface area (Å²) < 4.78 is 29.3. The second kappa shape index (κ2) is 6.30. The van der Waals surface area contributed by atoms with Crippen molar-refractivity contribution in [3.05, 3.63) is 0 Å². The van der Waals surface area contributed by atoms with E-state index in [4.69, 9.17) is 0 Å². The van der Waals surface area contributed by atoms with Crippen LogP contribution in [0.15, 0.2) is 0 Å². The van der Waals surface area contributed by atoms with Crippen LogP contribution in [-0.2, 0) is 10.2 Å². The molecule has 0 spiro atoms. The van der Waals surface area contributed by atoms with E-state index in [0.29, 0.717) is 19.0 Å². The third-order valence-corrected chi connectivity index (χ3v) is 6.08. The quantitative estimate of drug-likeness (QED) is 0.698. The van der Waals surface area contributed by atoms with Crippen LogP contribution in [0, 0.1) is 11.3 Å². The molecule has 0 amide bonds. The highest BCUT2D eigenvalue weighted by molar-refractivity contribution is 7.87. The van der Waals surface area contributed by atoms with Crippen molar-refractivity contribution in [2.75, 3.05) is 26.2 Å². The summed E-state index contributed by atoms with van der Waals surface area (Å²) in [6.07, 6.45) is 4.15. The summed E-state index contributed by atoms with van der Waals surface area (Å²) in [5.74, 6) is 0.444. The molecule has 2 atom stereocenters. The number of nitrogens with one attached hydrogen (secondary N) is 2. The smallest absolute Gasteiger partial charge is 0.279 e. The van der Waals surface area contributed by atoms with E-state index in [1.165, 1.54) is 0 Å². The molecule has 2 rings (SSSR count). The topological polar surface area (TPSA) is 61.4 Å². The van der Waals surface area contributed by atoms with Gasteiger partial charge < -0.3 is 5.32 Å². The first-order valence-corrected chi connectivity index (χ1v) is 9.27. The zero-order valence-corrected chi connectivity index (χ0v) is 13.8. The highest BCUT2D eigenvalue weighted by Crippen LogP contribution is 2.45. The molecule has 2 fully saturated rings. The average Bonchev–Trinajstić information content (AvgIpc) is 2.96. The van der Waals surface area contributed by atoms with E-state index in [9.17, 15) is 8.42 Å². The van der Waals surface area contributed by atoms with E-state index < -0.39 is 10.2 Å². The lowest BCUT2D eigenvalue weighted by atomic mass is 10.00. The molecule has 6 heteroatoms. The van der Waals surface area contributed by atoms with Gasteiger partial charge in [0, 0.05) is 19.1 Å². The van der Waals surface area contributed by atoms with E-state index in [1.807, 2.05) is 0 Å². The molecule has 118 valence electrons. The van der Waals surface area contributed by atoms with Crippen molar-refractivity contribution >= 4 is 10.2 Å². The molecule has 0 aromatic rings. The molecular formula is C14H29N3O2S. The van der Waals surface area contributed by atoms with Crippen LogP contribution in [0.2, 0.25) is 0 Å². The summed E-state index contributed by atoms with van der Waals surface area (Å²) in [4.78, 5) is 0. The van der Waals surface area contributed by atoms with Crippen molar-refractivity contribution in [2.45, 2.75) is 52.5 Å². The van der Waals surface area contributed by atoms with Crippen molar-refractivity contribution in [3.63, 3.8) is 0 Å². The van der Waals surface area contributed by atoms with Gasteiger partial charge in [-0.05, 0) is 50.1 Å². The van der Waals surface area contributed by atoms with Gasteiger partial charge in [0.2, 0.25) is 0 Å². The lowest BCUT2D eigenvalue weighted by Crippen LogP contribution is -2.48. The molecule has 1 aliphatic carbocycles. The highest BCUT2D eigenvalue weighted by atomic mass is 32.2. The van der Waals surface area contributed by atoms with Crippen molar-refractivity contribution in [1.29, 1.82) is 0 Å². The average molecular weight is 303 g/mol. The first-order valence-electron chi connectivity index (χ1n) is 7.83. The minimum atomic E-state index is -3.30. The monoisotopic (exact) mass is 303 g/mol. The van der Waals surface area contributed by atoms with E-state index in [-0.39, 0.29) is 11.5 Å². The Hall–Kier alpha value is -0.170. The second-order valence-corrected chi connectivity index (χ2v) is 8.64. The molecule has 1 saturated carbocycles. The Balaban J connectivity index is 1.84. The molecule has 1 heterocycles. The lowest BCUT2D eigenvalue weighted by Gasteiger charge is -2.32. The molecule has 0 aromatic heterocycles. The van der Waals surface area contributed by atoms with Gasteiger partial charge in [0.05, 0.1) is 0 Å². The Morgan fingerprint density at radius 1 is 1.35 bits per heavy atom. The van der Waals surface area contributed by atoms with E-state index in [2.05, 4.69) is 30.8 Å². The molecule has 2 unspecified atom stereocenters. The Bertz CT molecular complexity index is 422. The molecule has 20 heavy (non-hydrogen) atoms. The fraction of sp³-hybridized carbons (Fsp3) is 1.00. The predicted molar refractivity (Wildman–Crippen MR) is 81.7 cm³/mol. The lowest BCUT2D eigenvalue weighted by molar-refractivity contribution is 0.257. The third-order valence-electron chi connectivity index (χ3n) is 4.49. The van der Waals surface area contributed by atoms with Crippen LogP contribution < -0.4 is 10.0 Å². The Morgan fingerprint density at radius 2 is 2.05 bits per heavy atom. The summed E-state index contributed by atoms with van der Waals surface area (Å²) >= 11 is 0. The maximum absolute atomic E-state index is 12.4. The molecule has 2 aliphatic rings. The van der Waals surface area contributed by atoms with Crippen LogP contribution in [0.4, 0.5) is 0 Å². The maximum Gasteiger partial charge on any atom is 0.279 e. The summed E-state index contributed by atoms with van der Waals surface area (Å²) in [5, 5.41) is 3.40. The Labute approximate surface area is 123 Å². The van der Waals surface area contributed by atoms with Gasteiger partial charge in [0.25, 0.3) is 10.2 Å². The van der Waals surface area contributed by atoms with Crippen molar-refractivity contribution in [1.82, 2.24) is 14.3 Å². The highest BCUT2D eigenvalue weighted by Gasteiger charge is 2.48. The van der Waals surface area contributed by atoms with Gasteiger partial charge in [0.1, 0.15) is 0 Å². The maximum atomic E-state index is 12.4. The summed E-state index contributed by atoms with van der Waals surface area (Å²) in [7, 11) is -3.30. The SMILES string of the molecule is CCCNCC1CCCN(S(=O)(=O)NC2CC2(C)C)C1. The number of rotatable bonds is 7. The number of hydrogen-bond acceptors (Lipinski definition) is 3. The van der Waals surface area contributed by atoms with Crippen LogP contribution in [-0.4, -0.2) is 44.9 Å². The standard InChI is InChI=1S/C14H29N3O2S/c1-4-7-15-10-12-6-5-8-17(11-12)20(18,19)16-13-9-14(13,2)3/h12-13,15-16H,4-11H2,1-3H3. The van der Waals surface area contributed by atoms with E-state index in [1.54, 1.807) is 4.31 Å². The first kappa shape index (κ1) is 16.2. The summed E-state index contributed by atoms with van der Waals surface area (Å²) in [6.45, 7) is 9.60. The minimum Gasteiger partial charge on any atom is -0.316 e. The Morgan fingerprint density at radius 3 is 2.65 bits per heavy atom. The molecule has 0 aromatic carbocycles. The zero-order valence-electron chi connectivity index (χ0n) is 13.0. The molecule has 0 bridgehead atoms. The Kier molecular flexibility index (Phi) is 5.10. The van der Waals surface area contributed by atoms with Crippen LogP contribution in [0.5, 0.6) is 0 Å². The van der Waals surface area contributed by atoms with Gasteiger partial charge in [-0.15, -0.1) is 0 Å². The minimum absolute atomic E-state index is 0.117. The van der Waals surface area contributed by atoms with E-state index in [0.717, 1.165) is 38.8 Å². The first-order chi connectivity index (χ1) is 9.35. The molecule has 1 aliphatic heterocycles. The number of piperidine rings is 1. The van der Waals surface area contributed by atoms with Crippen molar-refractivity contribution < 1.29 is 8.42 Å². The molecule has 5 nitrogen and oxygen atoms in total. The van der Waals surface area contributed by atoms with E-state index >= 15 is 0 Å². The van der Waals surface area contributed by atoms with Gasteiger partial charge in [-0.3, -0.25) is 0 Å². The van der Waals surface area contributed by atoms with Gasteiger partial charge in [0.15, 0.2) is 0 Å². The predicted octanol–water partition coefficient (Wildman–Crippen LogP) is 1.33. The second-order valence-electron chi connectivity index (χ2n) is 6.94. The van der Waals surface area contributed by atoms with Gasteiger partial charge >= 0.3 is 0 Å².